The minimum Gasteiger partial charge on any atom is -0.508 e. The summed E-state index contributed by atoms with van der Waals surface area (Å²) in [4.78, 5) is 8.10. The maximum Gasteiger partial charge on any atom is 0.321 e. The van der Waals surface area contributed by atoms with Crippen LogP contribution in [0.4, 0.5) is 0 Å². The monoisotopic (exact) mass is 326 g/mol. The summed E-state index contributed by atoms with van der Waals surface area (Å²) in [6.07, 6.45) is 3.90. The van der Waals surface area contributed by atoms with Crippen molar-refractivity contribution in [1.82, 2.24) is 9.97 Å². The van der Waals surface area contributed by atoms with Crippen LogP contribution < -0.4 is 4.74 Å². The summed E-state index contributed by atoms with van der Waals surface area (Å²) < 4.78 is 5.67. The van der Waals surface area contributed by atoms with Crippen molar-refractivity contribution in [3.8, 4) is 17.5 Å². The van der Waals surface area contributed by atoms with Crippen molar-refractivity contribution in [3.05, 3.63) is 76.6 Å². The molecule has 0 aliphatic carbocycles. The molecule has 3 aromatic rings. The number of hydrogen-bond acceptors (Lipinski definition) is 4. The molecule has 0 aliphatic rings. The normalized spacial score (nSPS) is 10.5. The zero-order valence-corrected chi connectivity index (χ0v) is 13.3. The lowest BCUT2D eigenvalue weighted by molar-refractivity contribution is 0.438. The molecular weight excluding hydrogens is 312 g/mol. The third-order valence-electron chi connectivity index (χ3n) is 3.41. The van der Waals surface area contributed by atoms with E-state index >= 15 is 0 Å². The van der Waals surface area contributed by atoms with E-state index in [-0.39, 0.29) is 5.75 Å². The summed E-state index contributed by atoms with van der Waals surface area (Å²) in [5.74, 6) is 0.921. The Morgan fingerprint density at radius 1 is 1.09 bits per heavy atom. The van der Waals surface area contributed by atoms with Crippen LogP contribution in [0, 0.1) is 6.92 Å². The number of benzene rings is 2. The highest BCUT2D eigenvalue weighted by Gasteiger charge is 2.07. The third-order valence-corrected chi connectivity index (χ3v) is 3.78. The zero-order chi connectivity index (χ0) is 16.2. The van der Waals surface area contributed by atoms with Crippen LogP contribution in [0.1, 0.15) is 16.7 Å². The molecule has 0 amide bonds. The molecule has 2 aromatic carbocycles. The van der Waals surface area contributed by atoms with Gasteiger partial charge in [-0.15, -0.1) is 0 Å². The molecule has 0 radical (unpaired) electrons. The van der Waals surface area contributed by atoms with Crippen LogP contribution in [-0.2, 0) is 6.42 Å². The smallest absolute Gasteiger partial charge is 0.321 e. The third kappa shape index (κ3) is 3.79. The highest BCUT2D eigenvalue weighted by Crippen LogP contribution is 2.27. The van der Waals surface area contributed by atoms with Crippen molar-refractivity contribution in [2.75, 3.05) is 0 Å². The van der Waals surface area contributed by atoms with Crippen LogP contribution in [0.5, 0.6) is 17.5 Å². The molecular formula is C18H15ClN2O2. The van der Waals surface area contributed by atoms with Gasteiger partial charge in [0.05, 0.1) is 0 Å². The van der Waals surface area contributed by atoms with Crippen molar-refractivity contribution in [3.63, 3.8) is 0 Å². The molecule has 0 aliphatic heterocycles. The van der Waals surface area contributed by atoms with Gasteiger partial charge in [-0.2, -0.15) is 0 Å². The lowest BCUT2D eigenvalue weighted by atomic mass is 10.0. The van der Waals surface area contributed by atoms with Crippen LogP contribution >= 0.6 is 11.6 Å². The van der Waals surface area contributed by atoms with Crippen molar-refractivity contribution in [2.45, 2.75) is 13.3 Å². The van der Waals surface area contributed by atoms with E-state index in [2.05, 4.69) is 9.97 Å². The molecule has 23 heavy (non-hydrogen) atoms. The molecule has 0 unspecified atom stereocenters. The van der Waals surface area contributed by atoms with Gasteiger partial charge in [0, 0.05) is 17.4 Å². The lowest BCUT2D eigenvalue weighted by Crippen LogP contribution is -1.95. The highest BCUT2D eigenvalue weighted by atomic mass is 35.5. The number of phenols is 1. The van der Waals surface area contributed by atoms with Gasteiger partial charge in [0.15, 0.2) is 0 Å². The SMILES string of the molecule is Cc1cc(Cc2cc(O)ccc2Cl)ccc1Oc1ncccn1. The van der Waals surface area contributed by atoms with E-state index in [4.69, 9.17) is 16.3 Å². The fourth-order valence-electron chi connectivity index (χ4n) is 2.29. The van der Waals surface area contributed by atoms with Crippen LogP contribution in [-0.4, -0.2) is 15.1 Å². The Kier molecular flexibility index (Phi) is 4.44. The number of rotatable bonds is 4. The maximum absolute atomic E-state index is 9.59. The maximum atomic E-state index is 9.59. The molecule has 0 fully saturated rings. The Morgan fingerprint density at radius 3 is 2.61 bits per heavy atom. The molecule has 5 heteroatoms. The number of aromatic nitrogens is 2. The minimum absolute atomic E-state index is 0.210. The molecule has 0 atom stereocenters. The number of ether oxygens (including phenoxy) is 1. The lowest BCUT2D eigenvalue weighted by Gasteiger charge is -2.10. The van der Waals surface area contributed by atoms with E-state index in [1.54, 1.807) is 36.7 Å². The molecule has 0 spiro atoms. The van der Waals surface area contributed by atoms with Gasteiger partial charge in [0.2, 0.25) is 0 Å². The Bertz CT molecular complexity index is 823. The predicted molar refractivity (Wildman–Crippen MR) is 89.2 cm³/mol. The van der Waals surface area contributed by atoms with Gasteiger partial charge in [-0.25, -0.2) is 9.97 Å². The van der Waals surface area contributed by atoms with Crippen LogP contribution in [0.2, 0.25) is 5.02 Å². The molecule has 1 aromatic heterocycles. The predicted octanol–water partition coefficient (Wildman–Crippen LogP) is 4.53. The molecule has 0 bridgehead atoms. The molecule has 0 saturated carbocycles. The molecule has 116 valence electrons. The first-order chi connectivity index (χ1) is 11.1. The molecule has 3 rings (SSSR count). The van der Waals surface area contributed by atoms with E-state index in [0.717, 1.165) is 16.7 Å². The first kappa shape index (κ1) is 15.3. The summed E-state index contributed by atoms with van der Waals surface area (Å²) in [6.45, 7) is 1.96. The van der Waals surface area contributed by atoms with E-state index in [1.165, 1.54) is 0 Å². The van der Waals surface area contributed by atoms with Gasteiger partial charge in [-0.1, -0.05) is 23.7 Å². The number of aromatic hydroxyl groups is 1. The van der Waals surface area contributed by atoms with Gasteiger partial charge in [-0.05, 0) is 60.4 Å². The molecule has 0 saturated heterocycles. The average Bonchev–Trinajstić information content (AvgIpc) is 2.54. The standard InChI is InChI=1S/C18H15ClN2O2/c1-12-9-13(10-14-11-15(22)4-5-16(14)19)3-6-17(12)23-18-20-7-2-8-21-18/h2-9,11,22H,10H2,1H3. The fraction of sp³-hybridized carbons (Fsp3) is 0.111. The van der Waals surface area contributed by atoms with Crippen molar-refractivity contribution in [2.24, 2.45) is 0 Å². The number of phenolic OH excluding ortho intramolecular Hbond substituents is 1. The molecule has 1 N–H and O–H groups in total. The number of nitrogens with zero attached hydrogens (tertiary/aromatic N) is 2. The van der Waals surface area contributed by atoms with Gasteiger partial charge >= 0.3 is 6.01 Å². The van der Waals surface area contributed by atoms with E-state index in [0.29, 0.717) is 23.2 Å². The zero-order valence-electron chi connectivity index (χ0n) is 12.5. The first-order valence-corrected chi connectivity index (χ1v) is 7.51. The molecule has 1 heterocycles. The Hall–Kier alpha value is -2.59. The molecule has 4 nitrogen and oxygen atoms in total. The van der Waals surface area contributed by atoms with Crippen molar-refractivity contribution < 1.29 is 9.84 Å². The van der Waals surface area contributed by atoms with Gasteiger partial charge in [-0.3, -0.25) is 0 Å². The number of aryl methyl sites for hydroxylation is 1. The Labute approximate surface area is 139 Å². The summed E-state index contributed by atoms with van der Waals surface area (Å²) in [5, 5.41) is 10.2. The van der Waals surface area contributed by atoms with Gasteiger partial charge < -0.3 is 9.84 Å². The summed E-state index contributed by atoms with van der Waals surface area (Å²) in [5.41, 5.74) is 2.94. The van der Waals surface area contributed by atoms with E-state index in [1.807, 2.05) is 25.1 Å². The highest BCUT2D eigenvalue weighted by molar-refractivity contribution is 6.31. The summed E-state index contributed by atoms with van der Waals surface area (Å²) in [7, 11) is 0. The second-order valence-corrected chi connectivity index (χ2v) is 5.59. The number of halogens is 1. The fourth-order valence-corrected chi connectivity index (χ4v) is 2.47. The van der Waals surface area contributed by atoms with Crippen LogP contribution in [0.15, 0.2) is 54.9 Å². The topological polar surface area (TPSA) is 55.2 Å². The van der Waals surface area contributed by atoms with Gasteiger partial charge in [0.25, 0.3) is 0 Å². The van der Waals surface area contributed by atoms with Crippen molar-refractivity contribution >= 4 is 11.6 Å². The first-order valence-electron chi connectivity index (χ1n) is 7.13. The number of hydrogen-bond donors (Lipinski definition) is 1. The van der Waals surface area contributed by atoms with Crippen LogP contribution in [0.3, 0.4) is 0 Å². The van der Waals surface area contributed by atoms with Crippen molar-refractivity contribution in [1.29, 1.82) is 0 Å². The average molecular weight is 327 g/mol. The Morgan fingerprint density at radius 2 is 1.87 bits per heavy atom. The second kappa shape index (κ2) is 6.67. The largest absolute Gasteiger partial charge is 0.508 e. The Balaban J connectivity index is 1.80. The second-order valence-electron chi connectivity index (χ2n) is 5.19. The minimum atomic E-state index is 0.210. The summed E-state index contributed by atoms with van der Waals surface area (Å²) in [6, 6.07) is 12.9. The summed E-state index contributed by atoms with van der Waals surface area (Å²) >= 11 is 6.17. The van der Waals surface area contributed by atoms with E-state index in [9.17, 15) is 5.11 Å². The van der Waals surface area contributed by atoms with Gasteiger partial charge in [0.1, 0.15) is 11.5 Å². The van der Waals surface area contributed by atoms with E-state index < -0.39 is 0 Å². The van der Waals surface area contributed by atoms with Crippen LogP contribution in [0.25, 0.3) is 0 Å². The quantitative estimate of drug-likeness (QED) is 0.765.